The number of anilines is 2. The van der Waals surface area contributed by atoms with Crippen LogP contribution in [-0.2, 0) is 6.42 Å². The van der Waals surface area contributed by atoms with Gasteiger partial charge < -0.3 is 10.3 Å². The van der Waals surface area contributed by atoms with Crippen LogP contribution in [0.2, 0.25) is 0 Å². The summed E-state index contributed by atoms with van der Waals surface area (Å²) in [5.74, 6) is 2.24. The van der Waals surface area contributed by atoms with Crippen molar-refractivity contribution < 1.29 is 0 Å². The third-order valence-corrected chi connectivity index (χ3v) is 4.58. The number of nitrogens with one attached hydrogen (secondary N) is 2. The maximum absolute atomic E-state index is 9.17. The van der Waals surface area contributed by atoms with Crippen LogP contribution in [-0.4, -0.2) is 15.0 Å². The van der Waals surface area contributed by atoms with Gasteiger partial charge in [0.1, 0.15) is 11.6 Å². The molecule has 2 N–H and O–H groups in total. The normalized spacial score (nSPS) is 10.7. The second-order valence-corrected chi connectivity index (χ2v) is 6.43. The van der Waals surface area contributed by atoms with Gasteiger partial charge in [0.15, 0.2) is 5.82 Å². The first-order chi connectivity index (χ1) is 13.2. The number of aromatic nitrogens is 3. The molecule has 5 heteroatoms. The molecular formula is C22H19N5. The maximum Gasteiger partial charge on any atom is 0.162 e. The third-order valence-electron chi connectivity index (χ3n) is 4.58. The summed E-state index contributed by atoms with van der Waals surface area (Å²) in [7, 11) is 0. The van der Waals surface area contributed by atoms with E-state index in [9.17, 15) is 5.26 Å². The number of aromatic amines is 1. The molecule has 0 radical (unpaired) electrons. The van der Waals surface area contributed by atoms with Crippen LogP contribution < -0.4 is 5.32 Å². The van der Waals surface area contributed by atoms with Crippen LogP contribution in [0.4, 0.5) is 11.6 Å². The number of H-pyrrole nitrogens is 1. The van der Waals surface area contributed by atoms with E-state index in [0.717, 1.165) is 34.5 Å². The first-order valence-corrected chi connectivity index (χ1v) is 8.90. The maximum atomic E-state index is 9.17. The third kappa shape index (κ3) is 3.25. The van der Waals surface area contributed by atoms with Gasteiger partial charge in [-0.3, -0.25) is 0 Å². The van der Waals surface area contributed by atoms with Crippen molar-refractivity contribution in [2.75, 3.05) is 5.32 Å². The molecule has 0 fully saturated rings. The summed E-state index contributed by atoms with van der Waals surface area (Å²) >= 11 is 0. The van der Waals surface area contributed by atoms with Gasteiger partial charge >= 0.3 is 0 Å². The van der Waals surface area contributed by atoms with E-state index in [-0.39, 0.29) is 0 Å². The fraction of sp³-hybridized carbons (Fsp3) is 0.136. The van der Waals surface area contributed by atoms with E-state index in [1.807, 2.05) is 42.5 Å². The van der Waals surface area contributed by atoms with Crippen molar-refractivity contribution in [3.8, 4) is 17.5 Å². The van der Waals surface area contributed by atoms with Crippen molar-refractivity contribution in [3.63, 3.8) is 0 Å². The van der Waals surface area contributed by atoms with E-state index < -0.39 is 0 Å². The molecule has 0 spiro atoms. The number of para-hydroxylation sites is 1. The molecule has 0 unspecified atom stereocenters. The molecule has 0 atom stereocenters. The molecule has 0 aliphatic carbocycles. The second-order valence-electron chi connectivity index (χ2n) is 6.43. The largest absolute Gasteiger partial charge is 0.345 e. The van der Waals surface area contributed by atoms with Gasteiger partial charge in [-0.25, -0.2) is 9.97 Å². The lowest BCUT2D eigenvalue weighted by molar-refractivity contribution is 1.04. The van der Waals surface area contributed by atoms with Crippen molar-refractivity contribution in [3.05, 3.63) is 71.4 Å². The fourth-order valence-corrected chi connectivity index (χ4v) is 3.19. The summed E-state index contributed by atoms with van der Waals surface area (Å²) in [6.07, 6.45) is 0.949. The standard InChI is InChI=1S/C22H19N5/c1-3-18-14(2)11-20(24-18)26-22-17-9-4-5-10-19(17)25-21(27-22)16-8-6-7-15(12-16)13-23/h4-12,24H,3H2,1-2H3,(H,25,26,27). The Bertz CT molecular complexity index is 1170. The van der Waals surface area contributed by atoms with Gasteiger partial charge in [-0.2, -0.15) is 5.26 Å². The molecule has 0 saturated heterocycles. The minimum absolute atomic E-state index is 0.589. The first-order valence-electron chi connectivity index (χ1n) is 8.90. The molecule has 2 aromatic heterocycles. The summed E-state index contributed by atoms with van der Waals surface area (Å²) < 4.78 is 0. The van der Waals surface area contributed by atoms with Crippen LogP contribution >= 0.6 is 0 Å². The van der Waals surface area contributed by atoms with Crippen molar-refractivity contribution in [2.24, 2.45) is 0 Å². The van der Waals surface area contributed by atoms with Gasteiger partial charge in [0, 0.05) is 16.6 Å². The Morgan fingerprint density at radius 3 is 2.70 bits per heavy atom. The van der Waals surface area contributed by atoms with Crippen molar-refractivity contribution in [1.82, 2.24) is 15.0 Å². The number of hydrogen-bond acceptors (Lipinski definition) is 4. The Morgan fingerprint density at radius 2 is 1.93 bits per heavy atom. The van der Waals surface area contributed by atoms with E-state index in [4.69, 9.17) is 9.97 Å². The first kappa shape index (κ1) is 16.8. The zero-order chi connectivity index (χ0) is 18.8. The lowest BCUT2D eigenvalue weighted by atomic mass is 10.1. The van der Waals surface area contributed by atoms with Crippen LogP contribution in [0, 0.1) is 18.3 Å². The summed E-state index contributed by atoms with van der Waals surface area (Å²) in [5.41, 5.74) is 4.69. The quantitative estimate of drug-likeness (QED) is 0.534. The number of rotatable bonds is 4. The highest BCUT2D eigenvalue weighted by atomic mass is 15.1. The van der Waals surface area contributed by atoms with Gasteiger partial charge in [-0.05, 0) is 49.2 Å². The molecule has 2 aromatic carbocycles. The lowest BCUT2D eigenvalue weighted by Gasteiger charge is -2.10. The second kappa shape index (κ2) is 6.93. The zero-order valence-corrected chi connectivity index (χ0v) is 15.2. The molecule has 0 aliphatic heterocycles. The average Bonchev–Trinajstić information content (AvgIpc) is 3.07. The van der Waals surface area contributed by atoms with E-state index in [1.54, 1.807) is 6.07 Å². The number of nitriles is 1. The minimum Gasteiger partial charge on any atom is -0.345 e. The van der Waals surface area contributed by atoms with Gasteiger partial charge in [-0.1, -0.05) is 31.2 Å². The predicted molar refractivity (Wildman–Crippen MR) is 108 cm³/mol. The molecule has 0 bridgehead atoms. The topological polar surface area (TPSA) is 77.4 Å². The van der Waals surface area contributed by atoms with E-state index in [1.165, 1.54) is 11.3 Å². The Labute approximate surface area is 157 Å². The molecule has 132 valence electrons. The summed E-state index contributed by atoms with van der Waals surface area (Å²) in [4.78, 5) is 12.9. The molecule has 0 amide bonds. The van der Waals surface area contributed by atoms with Gasteiger partial charge in [0.25, 0.3) is 0 Å². The number of fused-ring (bicyclic) bond motifs is 1. The monoisotopic (exact) mass is 353 g/mol. The minimum atomic E-state index is 0.589. The van der Waals surface area contributed by atoms with Crippen molar-refractivity contribution in [1.29, 1.82) is 5.26 Å². The Balaban J connectivity index is 1.84. The number of benzene rings is 2. The molecule has 0 saturated carbocycles. The SMILES string of the molecule is CCc1[nH]c(Nc2nc(-c3cccc(C#N)c3)nc3ccccc23)cc1C. The highest BCUT2D eigenvalue weighted by Gasteiger charge is 2.11. The highest BCUT2D eigenvalue weighted by Crippen LogP contribution is 2.28. The molecule has 4 aromatic rings. The lowest BCUT2D eigenvalue weighted by Crippen LogP contribution is -2.00. The number of aryl methyl sites for hydroxylation is 2. The van der Waals surface area contributed by atoms with E-state index >= 15 is 0 Å². The Morgan fingerprint density at radius 1 is 1.07 bits per heavy atom. The predicted octanol–water partition coefficient (Wildman–Crippen LogP) is 5.11. The smallest absolute Gasteiger partial charge is 0.162 e. The molecule has 0 aliphatic rings. The average molecular weight is 353 g/mol. The highest BCUT2D eigenvalue weighted by molar-refractivity contribution is 5.92. The van der Waals surface area contributed by atoms with Crippen LogP contribution in [0.5, 0.6) is 0 Å². The van der Waals surface area contributed by atoms with E-state index in [0.29, 0.717) is 11.4 Å². The Hall–Kier alpha value is -3.65. The fourth-order valence-electron chi connectivity index (χ4n) is 3.19. The van der Waals surface area contributed by atoms with Gasteiger partial charge in [-0.15, -0.1) is 0 Å². The molecule has 5 nitrogen and oxygen atoms in total. The summed E-state index contributed by atoms with van der Waals surface area (Å²) in [6.45, 7) is 4.22. The number of nitrogens with zero attached hydrogens (tertiary/aromatic N) is 3. The van der Waals surface area contributed by atoms with E-state index in [2.05, 4.69) is 36.3 Å². The molecular weight excluding hydrogens is 334 g/mol. The van der Waals surface area contributed by atoms with Crippen LogP contribution in [0.3, 0.4) is 0 Å². The van der Waals surface area contributed by atoms with Crippen LogP contribution in [0.25, 0.3) is 22.3 Å². The molecule has 2 heterocycles. The summed E-state index contributed by atoms with van der Waals surface area (Å²) in [5, 5.41) is 13.5. The molecule has 4 rings (SSSR count). The van der Waals surface area contributed by atoms with Crippen LogP contribution in [0.15, 0.2) is 54.6 Å². The van der Waals surface area contributed by atoms with Crippen molar-refractivity contribution in [2.45, 2.75) is 20.3 Å². The van der Waals surface area contributed by atoms with Gasteiger partial charge in [0.05, 0.1) is 17.1 Å². The Kier molecular flexibility index (Phi) is 4.31. The van der Waals surface area contributed by atoms with Crippen LogP contribution in [0.1, 0.15) is 23.7 Å². The molecule has 27 heavy (non-hydrogen) atoms. The number of hydrogen-bond donors (Lipinski definition) is 2. The summed E-state index contributed by atoms with van der Waals surface area (Å²) in [6, 6.07) is 19.5. The zero-order valence-electron chi connectivity index (χ0n) is 15.2. The van der Waals surface area contributed by atoms with Crippen molar-refractivity contribution >= 4 is 22.5 Å². The van der Waals surface area contributed by atoms with Gasteiger partial charge in [0.2, 0.25) is 0 Å².